The summed E-state index contributed by atoms with van der Waals surface area (Å²) in [5.74, 6) is 0.378. The molecule has 0 saturated carbocycles. The van der Waals surface area contributed by atoms with Gasteiger partial charge in [-0.3, -0.25) is 14.5 Å². The van der Waals surface area contributed by atoms with Gasteiger partial charge in [0.05, 0.1) is 18.1 Å². The van der Waals surface area contributed by atoms with Crippen molar-refractivity contribution >= 4 is 63.5 Å². The Morgan fingerprint density at radius 3 is 2.62 bits per heavy atom. The molecule has 9 heteroatoms. The number of hydrogen-bond acceptors (Lipinski definition) is 6. The van der Waals surface area contributed by atoms with E-state index in [0.29, 0.717) is 31.4 Å². The number of nitrogens with zero attached hydrogens (tertiary/aromatic N) is 1. The molecule has 0 aromatic heterocycles. The van der Waals surface area contributed by atoms with Gasteiger partial charge >= 0.3 is 0 Å². The quantitative estimate of drug-likeness (QED) is 0.250. The second kappa shape index (κ2) is 11.8. The van der Waals surface area contributed by atoms with Gasteiger partial charge in [0, 0.05) is 10.7 Å². The molecule has 1 atom stereocenters. The maximum atomic E-state index is 13.2. The molecule has 1 aliphatic heterocycles. The van der Waals surface area contributed by atoms with Crippen molar-refractivity contribution in [1.29, 1.82) is 0 Å². The zero-order valence-electron chi connectivity index (χ0n) is 20.5. The molecule has 37 heavy (non-hydrogen) atoms. The van der Waals surface area contributed by atoms with E-state index in [4.69, 9.17) is 33.3 Å². The molecule has 1 fully saturated rings. The number of ether oxygens (including phenoxy) is 2. The molecule has 0 aliphatic carbocycles. The number of rotatable bonds is 8. The second-order valence-electron chi connectivity index (χ2n) is 8.34. The molecule has 0 bridgehead atoms. The van der Waals surface area contributed by atoms with Crippen molar-refractivity contribution in [3.8, 4) is 11.5 Å². The van der Waals surface area contributed by atoms with E-state index < -0.39 is 0 Å². The number of hydrogen-bond donors (Lipinski definition) is 1. The number of nitrogens with one attached hydrogen (secondary N) is 1. The van der Waals surface area contributed by atoms with Crippen molar-refractivity contribution in [2.24, 2.45) is 0 Å². The smallest absolute Gasteiger partial charge is 0.266 e. The molecule has 1 N–H and O–H groups in total. The minimum absolute atomic E-state index is 0.140. The van der Waals surface area contributed by atoms with Crippen molar-refractivity contribution in [3.05, 3.63) is 93.3 Å². The molecule has 0 unspecified atom stereocenters. The predicted octanol–water partition coefficient (Wildman–Crippen LogP) is 6.64. The van der Waals surface area contributed by atoms with E-state index in [1.807, 2.05) is 50.2 Å². The van der Waals surface area contributed by atoms with Gasteiger partial charge in [0.2, 0.25) is 0 Å². The van der Waals surface area contributed by atoms with E-state index in [-0.39, 0.29) is 24.5 Å². The van der Waals surface area contributed by atoms with Gasteiger partial charge in [-0.2, -0.15) is 0 Å². The Morgan fingerprint density at radius 2 is 1.89 bits per heavy atom. The maximum Gasteiger partial charge on any atom is 0.266 e. The summed E-state index contributed by atoms with van der Waals surface area (Å²) in [6.07, 6.45) is 1.78. The molecule has 190 valence electrons. The van der Waals surface area contributed by atoms with Crippen molar-refractivity contribution < 1.29 is 19.1 Å². The summed E-state index contributed by atoms with van der Waals surface area (Å²) in [5, 5.41) is 3.33. The van der Waals surface area contributed by atoms with Gasteiger partial charge < -0.3 is 14.8 Å². The number of anilines is 1. The van der Waals surface area contributed by atoms with E-state index in [9.17, 15) is 9.59 Å². The van der Waals surface area contributed by atoms with Crippen molar-refractivity contribution in [2.45, 2.75) is 19.9 Å². The summed E-state index contributed by atoms with van der Waals surface area (Å²) >= 11 is 12.8. The molecular weight excluding hydrogens is 528 g/mol. The Bertz CT molecular complexity index is 1380. The van der Waals surface area contributed by atoms with Crippen LogP contribution in [0.15, 0.2) is 71.6 Å². The standard InChI is InChI=1S/C28H25ClN2O4S2/c1-17-9-11-21(29)15-22(17)30-26(32)16-35-23-12-10-19(13-24(23)34-3)14-25-27(33)31(28(36)37-25)18(2)20-7-5-4-6-8-20/h4-15,18H,16H2,1-3H3,(H,30,32)/b25-14-/t18-/m1/s1. The number of thioether (sulfide) groups is 1. The molecular formula is C28H25ClN2O4S2. The molecule has 2 amide bonds. The van der Waals surface area contributed by atoms with E-state index >= 15 is 0 Å². The molecule has 4 rings (SSSR count). The molecule has 6 nitrogen and oxygen atoms in total. The van der Waals surface area contributed by atoms with E-state index in [1.54, 1.807) is 41.3 Å². The zero-order chi connectivity index (χ0) is 26.5. The Kier molecular flexibility index (Phi) is 8.53. The number of aryl methyl sites for hydroxylation is 1. The fourth-order valence-electron chi connectivity index (χ4n) is 3.80. The summed E-state index contributed by atoms with van der Waals surface area (Å²) in [4.78, 5) is 27.7. The van der Waals surface area contributed by atoms with Crippen LogP contribution in [-0.4, -0.2) is 34.8 Å². The Balaban J connectivity index is 1.44. The third-order valence-corrected chi connectivity index (χ3v) is 7.38. The summed E-state index contributed by atoms with van der Waals surface area (Å²) < 4.78 is 11.7. The Labute approximate surface area is 230 Å². The Hall–Kier alpha value is -3.33. The highest BCUT2D eigenvalue weighted by Crippen LogP contribution is 2.39. The molecule has 1 heterocycles. The van der Waals surface area contributed by atoms with E-state index in [2.05, 4.69) is 5.32 Å². The fraction of sp³-hybridized carbons (Fsp3) is 0.179. The van der Waals surface area contributed by atoms with Crippen LogP contribution in [0.5, 0.6) is 11.5 Å². The SMILES string of the molecule is COc1cc(/C=C2\SC(=S)N([C@H](C)c3ccccc3)C2=O)ccc1OCC(=O)Nc1cc(Cl)ccc1C. The average molecular weight is 553 g/mol. The minimum Gasteiger partial charge on any atom is -0.493 e. The van der Waals surface area contributed by atoms with Crippen molar-refractivity contribution in [2.75, 3.05) is 19.0 Å². The van der Waals surface area contributed by atoms with Gasteiger partial charge in [-0.1, -0.05) is 78.0 Å². The molecule has 1 saturated heterocycles. The van der Waals surface area contributed by atoms with Crippen molar-refractivity contribution in [1.82, 2.24) is 4.90 Å². The first kappa shape index (κ1) is 26.7. The van der Waals surface area contributed by atoms with E-state index in [1.165, 1.54) is 18.9 Å². The number of amides is 2. The van der Waals surface area contributed by atoms with Crippen LogP contribution in [0.3, 0.4) is 0 Å². The first-order valence-corrected chi connectivity index (χ1v) is 13.1. The molecule has 0 spiro atoms. The van der Waals surface area contributed by atoms with Crippen LogP contribution in [0.2, 0.25) is 5.02 Å². The highest BCUT2D eigenvalue weighted by molar-refractivity contribution is 8.26. The number of carbonyl (C=O) groups is 2. The van der Waals surface area contributed by atoms with E-state index in [0.717, 1.165) is 16.7 Å². The lowest BCUT2D eigenvalue weighted by molar-refractivity contribution is -0.123. The third kappa shape index (κ3) is 6.33. The number of carbonyl (C=O) groups excluding carboxylic acids is 2. The first-order valence-electron chi connectivity index (χ1n) is 11.5. The minimum atomic E-state index is -0.326. The highest BCUT2D eigenvalue weighted by atomic mass is 35.5. The molecule has 3 aromatic carbocycles. The zero-order valence-corrected chi connectivity index (χ0v) is 22.9. The van der Waals surface area contributed by atoms with Crippen LogP contribution in [0.1, 0.15) is 29.7 Å². The fourth-order valence-corrected chi connectivity index (χ4v) is 5.39. The predicted molar refractivity (Wildman–Crippen MR) is 153 cm³/mol. The van der Waals surface area contributed by atoms with Crippen LogP contribution in [-0.2, 0) is 9.59 Å². The summed E-state index contributed by atoms with van der Waals surface area (Å²) in [7, 11) is 1.52. The molecule has 3 aromatic rings. The van der Waals surface area contributed by atoms with Crippen LogP contribution in [0.4, 0.5) is 5.69 Å². The number of benzene rings is 3. The topological polar surface area (TPSA) is 67.9 Å². The highest BCUT2D eigenvalue weighted by Gasteiger charge is 2.35. The van der Waals surface area contributed by atoms with Gasteiger partial charge in [-0.15, -0.1) is 0 Å². The average Bonchev–Trinajstić information content (AvgIpc) is 3.17. The molecule has 1 aliphatic rings. The van der Waals surface area contributed by atoms with Crippen LogP contribution in [0.25, 0.3) is 6.08 Å². The molecule has 0 radical (unpaired) electrons. The Morgan fingerprint density at radius 1 is 1.14 bits per heavy atom. The van der Waals surface area contributed by atoms with Crippen LogP contribution in [0, 0.1) is 6.92 Å². The third-order valence-electron chi connectivity index (χ3n) is 5.81. The van der Waals surface area contributed by atoms with Crippen LogP contribution >= 0.6 is 35.6 Å². The lowest BCUT2D eigenvalue weighted by atomic mass is 10.1. The number of thiocarbonyl (C=S) groups is 1. The summed E-state index contributed by atoms with van der Waals surface area (Å²) in [6.45, 7) is 3.63. The second-order valence-corrected chi connectivity index (χ2v) is 10.5. The van der Waals surface area contributed by atoms with Gasteiger partial charge in [-0.05, 0) is 60.9 Å². The normalized spacial score (nSPS) is 15.1. The van der Waals surface area contributed by atoms with Gasteiger partial charge in [0.1, 0.15) is 4.32 Å². The lowest BCUT2D eigenvalue weighted by Gasteiger charge is -2.23. The number of halogens is 1. The van der Waals surface area contributed by atoms with Gasteiger partial charge in [0.25, 0.3) is 11.8 Å². The monoisotopic (exact) mass is 552 g/mol. The van der Waals surface area contributed by atoms with Crippen LogP contribution < -0.4 is 14.8 Å². The summed E-state index contributed by atoms with van der Waals surface area (Å²) in [6, 6.07) is 20.1. The summed E-state index contributed by atoms with van der Waals surface area (Å²) in [5.41, 5.74) is 3.28. The maximum absolute atomic E-state index is 13.2. The lowest BCUT2D eigenvalue weighted by Crippen LogP contribution is -2.30. The first-order chi connectivity index (χ1) is 17.8. The largest absolute Gasteiger partial charge is 0.493 e. The van der Waals surface area contributed by atoms with Gasteiger partial charge in [0.15, 0.2) is 18.1 Å². The van der Waals surface area contributed by atoms with Gasteiger partial charge in [-0.25, -0.2) is 0 Å². The van der Waals surface area contributed by atoms with Crippen molar-refractivity contribution in [3.63, 3.8) is 0 Å². The number of methoxy groups -OCH3 is 1.